The molecule has 0 bridgehead atoms. The molecule has 0 aromatic heterocycles. The average Bonchev–Trinajstić information content (AvgIpc) is 2.61. The maximum atomic E-state index is 12.7. The van der Waals surface area contributed by atoms with Gasteiger partial charge in [0.05, 0.1) is 10.8 Å². The van der Waals surface area contributed by atoms with E-state index < -0.39 is 5.91 Å². The highest BCUT2D eigenvalue weighted by molar-refractivity contribution is 8.15. The number of carbonyl (C=O) groups excluding carboxylic acids is 1. The van der Waals surface area contributed by atoms with Gasteiger partial charge in [0.1, 0.15) is 10.9 Å². The van der Waals surface area contributed by atoms with Gasteiger partial charge in [0, 0.05) is 0 Å². The lowest BCUT2D eigenvalue weighted by atomic mass is 10.1. The van der Waals surface area contributed by atoms with E-state index in [0.29, 0.717) is 0 Å². The number of carbonyl (C=O) groups is 1. The summed E-state index contributed by atoms with van der Waals surface area (Å²) in [7, 11) is 0. The minimum Gasteiger partial charge on any atom is -0.366 e. The van der Waals surface area contributed by atoms with Crippen molar-refractivity contribution in [3.63, 3.8) is 0 Å². The van der Waals surface area contributed by atoms with E-state index in [2.05, 4.69) is 0 Å². The number of primary amides is 1. The Morgan fingerprint density at radius 2 is 2.00 bits per heavy atom. The van der Waals surface area contributed by atoms with Crippen molar-refractivity contribution >= 4 is 22.7 Å². The number of benzene rings is 1. The van der Waals surface area contributed by atoms with E-state index in [1.807, 2.05) is 0 Å². The smallest absolute Gasteiger partial charge is 0.251 e. The molecule has 0 radical (unpaired) electrons. The standard InChI is InChI=1S/C11H9FN2OS/c12-7-3-1-6(2-4-7)9-5-8(10(13)15)11(14)16-9/h1-5,9,14H,(H2,13,15)/t9-/m1/s1. The van der Waals surface area contributed by atoms with Crippen LogP contribution < -0.4 is 5.73 Å². The molecule has 0 spiro atoms. The van der Waals surface area contributed by atoms with Crippen molar-refractivity contribution in [2.24, 2.45) is 5.73 Å². The van der Waals surface area contributed by atoms with Crippen LogP contribution in [0.4, 0.5) is 4.39 Å². The highest BCUT2D eigenvalue weighted by Crippen LogP contribution is 2.39. The summed E-state index contributed by atoms with van der Waals surface area (Å²) in [5.41, 5.74) is 6.22. The molecule has 1 aliphatic heterocycles. The first-order chi connectivity index (χ1) is 7.58. The highest BCUT2D eigenvalue weighted by Gasteiger charge is 2.26. The zero-order chi connectivity index (χ0) is 11.7. The molecule has 82 valence electrons. The van der Waals surface area contributed by atoms with Crippen LogP contribution in [0.15, 0.2) is 35.9 Å². The van der Waals surface area contributed by atoms with Crippen molar-refractivity contribution in [1.29, 1.82) is 5.41 Å². The van der Waals surface area contributed by atoms with Gasteiger partial charge in [-0.05, 0) is 17.7 Å². The van der Waals surface area contributed by atoms with Crippen LogP contribution in [0.2, 0.25) is 0 Å². The lowest BCUT2D eigenvalue weighted by Crippen LogP contribution is -2.16. The van der Waals surface area contributed by atoms with Gasteiger partial charge in [-0.2, -0.15) is 0 Å². The summed E-state index contributed by atoms with van der Waals surface area (Å²) < 4.78 is 12.7. The molecule has 1 aromatic rings. The summed E-state index contributed by atoms with van der Waals surface area (Å²) in [5, 5.41) is 7.62. The maximum Gasteiger partial charge on any atom is 0.251 e. The van der Waals surface area contributed by atoms with Crippen molar-refractivity contribution < 1.29 is 9.18 Å². The van der Waals surface area contributed by atoms with Crippen molar-refractivity contribution in [3.05, 3.63) is 47.3 Å². The summed E-state index contributed by atoms with van der Waals surface area (Å²) in [6.07, 6.45) is 1.64. The minimum atomic E-state index is -0.595. The topological polar surface area (TPSA) is 66.9 Å². The van der Waals surface area contributed by atoms with Gasteiger partial charge >= 0.3 is 0 Å². The second-order valence-electron chi connectivity index (χ2n) is 3.36. The number of halogens is 1. The molecule has 0 aliphatic carbocycles. The van der Waals surface area contributed by atoms with Gasteiger partial charge in [0.15, 0.2) is 0 Å². The second kappa shape index (κ2) is 4.09. The number of rotatable bonds is 2. The quantitative estimate of drug-likeness (QED) is 0.824. The molecule has 3 N–H and O–H groups in total. The van der Waals surface area contributed by atoms with Crippen LogP contribution >= 0.6 is 11.8 Å². The number of hydrogen-bond acceptors (Lipinski definition) is 3. The molecule has 5 heteroatoms. The fourth-order valence-electron chi connectivity index (χ4n) is 1.46. The van der Waals surface area contributed by atoms with Gasteiger partial charge < -0.3 is 5.73 Å². The minimum absolute atomic E-state index is 0.129. The van der Waals surface area contributed by atoms with Gasteiger partial charge in [-0.1, -0.05) is 30.0 Å². The third kappa shape index (κ3) is 1.99. The summed E-state index contributed by atoms with van der Waals surface area (Å²) >= 11 is 1.23. The lowest BCUT2D eigenvalue weighted by Gasteiger charge is -2.05. The van der Waals surface area contributed by atoms with Crippen molar-refractivity contribution in [2.75, 3.05) is 0 Å². The Kier molecular flexibility index (Phi) is 2.78. The maximum absolute atomic E-state index is 12.7. The Balaban J connectivity index is 2.28. The number of hydrogen-bond donors (Lipinski definition) is 2. The van der Waals surface area contributed by atoms with Crippen LogP contribution in [-0.4, -0.2) is 11.0 Å². The van der Waals surface area contributed by atoms with E-state index in [1.54, 1.807) is 18.2 Å². The number of amides is 1. The zero-order valence-corrected chi connectivity index (χ0v) is 9.05. The SMILES string of the molecule is N=C1S[C@@H](c2ccc(F)cc2)C=C1C(N)=O. The van der Waals surface area contributed by atoms with E-state index in [-0.39, 0.29) is 21.7 Å². The molecule has 1 heterocycles. The molecule has 0 saturated heterocycles. The molecule has 1 aromatic carbocycles. The molecular weight excluding hydrogens is 227 g/mol. The van der Waals surface area contributed by atoms with Gasteiger partial charge in [-0.25, -0.2) is 4.39 Å². The first-order valence-corrected chi connectivity index (χ1v) is 5.48. The van der Waals surface area contributed by atoms with Crippen molar-refractivity contribution in [2.45, 2.75) is 5.25 Å². The molecule has 0 unspecified atom stereocenters. The van der Waals surface area contributed by atoms with Crippen LogP contribution in [0, 0.1) is 11.2 Å². The fraction of sp³-hybridized carbons (Fsp3) is 0.0909. The van der Waals surface area contributed by atoms with E-state index in [9.17, 15) is 9.18 Å². The molecule has 1 amide bonds. The van der Waals surface area contributed by atoms with Gasteiger partial charge in [-0.3, -0.25) is 10.2 Å². The molecular formula is C11H9FN2OS. The molecule has 1 aliphatic rings. The predicted octanol–water partition coefficient (Wildman–Crippen LogP) is 2.00. The van der Waals surface area contributed by atoms with E-state index in [4.69, 9.17) is 11.1 Å². The highest BCUT2D eigenvalue weighted by atomic mass is 32.2. The molecule has 0 fully saturated rings. The van der Waals surface area contributed by atoms with Gasteiger partial charge in [0.2, 0.25) is 0 Å². The van der Waals surface area contributed by atoms with Crippen molar-refractivity contribution in [1.82, 2.24) is 0 Å². The average molecular weight is 236 g/mol. The molecule has 1 atom stereocenters. The Labute approximate surface area is 96.0 Å². The summed E-state index contributed by atoms with van der Waals surface area (Å²) in [6.45, 7) is 0. The molecule has 2 rings (SSSR count). The monoisotopic (exact) mass is 236 g/mol. The second-order valence-corrected chi connectivity index (χ2v) is 4.52. The number of thioether (sulfide) groups is 1. The molecule has 16 heavy (non-hydrogen) atoms. The zero-order valence-electron chi connectivity index (χ0n) is 8.24. The van der Waals surface area contributed by atoms with Crippen LogP contribution in [0.25, 0.3) is 0 Å². The van der Waals surface area contributed by atoms with Crippen molar-refractivity contribution in [3.8, 4) is 0 Å². The van der Waals surface area contributed by atoms with E-state index in [1.165, 1.54) is 23.9 Å². The van der Waals surface area contributed by atoms with E-state index in [0.717, 1.165) is 5.56 Å². The lowest BCUT2D eigenvalue weighted by molar-refractivity contribution is -0.114. The third-order valence-corrected chi connectivity index (χ3v) is 3.39. The number of nitrogens with one attached hydrogen (secondary N) is 1. The van der Waals surface area contributed by atoms with Gasteiger partial charge in [-0.15, -0.1) is 0 Å². The van der Waals surface area contributed by atoms with Crippen LogP contribution in [0.3, 0.4) is 0 Å². The normalized spacial score (nSPS) is 19.7. The van der Waals surface area contributed by atoms with Crippen LogP contribution in [-0.2, 0) is 4.79 Å². The van der Waals surface area contributed by atoms with Crippen LogP contribution in [0.1, 0.15) is 10.8 Å². The Hall–Kier alpha value is -1.62. The predicted molar refractivity (Wildman–Crippen MR) is 61.7 cm³/mol. The Morgan fingerprint density at radius 1 is 1.38 bits per heavy atom. The first-order valence-electron chi connectivity index (χ1n) is 4.60. The number of nitrogens with two attached hydrogens (primary N) is 1. The summed E-state index contributed by atoms with van der Waals surface area (Å²) in [4.78, 5) is 11.0. The largest absolute Gasteiger partial charge is 0.366 e. The third-order valence-electron chi connectivity index (χ3n) is 2.27. The summed E-state index contributed by atoms with van der Waals surface area (Å²) in [5.74, 6) is -0.900. The summed E-state index contributed by atoms with van der Waals surface area (Å²) in [6, 6.07) is 5.99. The van der Waals surface area contributed by atoms with Gasteiger partial charge in [0.25, 0.3) is 5.91 Å². The van der Waals surface area contributed by atoms with E-state index >= 15 is 0 Å². The van der Waals surface area contributed by atoms with Crippen LogP contribution in [0.5, 0.6) is 0 Å². The Morgan fingerprint density at radius 3 is 2.50 bits per heavy atom. The molecule has 0 saturated carbocycles. The fourth-order valence-corrected chi connectivity index (χ4v) is 2.51. The first kappa shape index (κ1) is 10.9. The molecule has 3 nitrogen and oxygen atoms in total. The Bertz CT molecular complexity index is 481.